The molecule has 0 fully saturated rings. The van der Waals surface area contributed by atoms with E-state index in [1.165, 1.54) is 6.07 Å². The van der Waals surface area contributed by atoms with Gasteiger partial charge in [0.25, 0.3) is 5.91 Å². The third kappa shape index (κ3) is 5.53. The van der Waals surface area contributed by atoms with Gasteiger partial charge in [0.15, 0.2) is 17.8 Å². The number of amidine groups is 1. The number of hydrogen-bond acceptors (Lipinski definition) is 5. The van der Waals surface area contributed by atoms with Crippen LogP contribution in [0.1, 0.15) is 30.5 Å². The molecule has 1 atom stereocenters. The fraction of sp³-hybridized carbons (Fsp3) is 0.200. The van der Waals surface area contributed by atoms with Crippen molar-refractivity contribution < 1.29 is 27.2 Å². The summed E-state index contributed by atoms with van der Waals surface area (Å²) in [6.45, 7) is 1.76. The molecule has 10 heteroatoms. The summed E-state index contributed by atoms with van der Waals surface area (Å²) in [7, 11) is 0. The van der Waals surface area contributed by atoms with Crippen LogP contribution in [0.3, 0.4) is 0 Å². The van der Waals surface area contributed by atoms with E-state index in [-0.39, 0.29) is 5.70 Å². The summed E-state index contributed by atoms with van der Waals surface area (Å²) in [5.74, 6) is -1.22. The van der Waals surface area contributed by atoms with Gasteiger partial charge in [0.1, 0.15) is 5.82 Å². The van der Waals surface area contributed by atoms with Crippen LogP contribution in [-0.2, 0) is 9.63 Å². The first-order valence-corrected chi connectivity index (χ1v) is 9.70. The van der Waals surface area contributed by atoms with Gasteiger partial charge in [-0.05, 0) is 35.9 Å². The van der Waals surface area contributed by atoms with Gasteiger partial charge in [-0.25, -0.2) is 14.9 Å². The fourth-order valence-electron chi connectivity index (χ4n) is 2.73. The Morgan fingerprint density at radius 3 is 2.60 bits per heavy atom. The number of nitrogens with zero attached hydrogens (tertiary/aromatic N) is 1. The first-order chi connectivity index (χ1) is 14.3. The number of hydrogen-bond donors (Lipinski definition) is 2. The average molecular weight is 439 g/mol. The van der Waals surface area contributed by atoms with E-state index in [2.05, 4.69) is 15.8 Å². The highest BCUT2D eigenvalue weighted by Gasteiger charge is 2.31. The molecule has 1 heterocycles. The van der Waals surface area contributed by atoms with Crippen LogP contribution in [0.4, 0.5) is 17.6 Å². The Kier molecular flexibility index (Phi) is 6.66. The van der Waals surface area contributed by atoms with Crippen LogP contribution < -0.4 is 10.8 Å². The summed E-state index contributed by atoms with van der Waals surface area (Å²) < 4.78 is 51.6. The minimum Gasteiger partial charge on any atom is -0.386 e. The Bertz CT molecular complexity index is 978. The predicted octanol–water partition coefficient (Wildman–Crippen LogP) is 4.83. The lowest BCUT2D eigenvalue weighted by atomic mass is 10.0. The molecule has 5 nitrogen and oxygen atoms in total. The number of amides is 1. The molecule has 1 amide bonds. The topological polar surface area (TPSA) is 62.7 Å². The van der Waals surface area contributed by atoms with Gasteiger partial charge >= 0.3 is 5.51 Å². The lowest BCUT2D eigenvalue weighted by molar-refractivity contribution is -0.118. The SMILES string of the molecule is CC[C@@H](NC(=O)C1=CONC(c2ccccc2)=N1)c1ccc(SC(F)(F)F)c(F)c1. The number of hydroxylamine groups is 1. The van der Waals surface area contributed by atoms with Crippen LogP contribution in [0.25, 0.3) is 0 Å². The van der Waals surface area contributed by atoms with Crippen molar-refractivity contribution >= 4 is 23.5 Å². The largest absolute Gasteiger partial charge is 0.446 e. The summed E-state index contributed by atoms with van der Waals surface area (Å²) in [5.41, 5.74) is -0.933. The third-order valence-corrected chi connectivity index (χ3v) is 4.92. The number of carbonyl (C=O) groups is 1. The zero-order chi connectivity index (χ0) is 21.7. The monoisotopic (exact) mass is 439 g/mol. The highest BCUT2D eigenvalue weighted by atomic mass is 32.2. The van der Waals surface area contributed by atoms with Crippen molar-refractivity contribution in [3.05, 3.63) is 77.4 Å². The minimum atomic E-state index is -4.59. The van der Waals surface area contributed by atoms with E-state index in [1.807, 2.05) is 6.07 Å². The smallest absolute Gasteiger partial charge is 0.386 e. The highest BCUT2D eigenvalue weighted by molar-refractivity contribution is 8.00. The molecule has 2 aromatic carbocycles. The molecule has 0 saturated heterocycles. The van der Waals surface area contributed by atoms with Crippen molar-refractivity contribution in [3.63, 3.8) is 0 Å². The molecule has 0 aliphatic carbocycles. The van der Waals surface area contributed by atoms with Crippen molar-refractivity contribution in [3.8, 4) is 0 Å². The lowest BCUT2D eigenvalue weighted by Crippen LogP contribution is -2.33. The van der Waals surface area contributed by atoms with Crippen LogP contribution in [0.15, 0.2) is 70.4 Å². The number of alkyl halides is 3. The second-order valence-electron chi connectivity index (χ2n) is 6.22. The van der Waals surface area contributed by atoms with Gasteiger partial charge < -0.3 is 10.2 Å². The maximum absolute atomic E-state index is 14.1. The Morgan fingerprint density at radius 2 is 1.97 bits per heavy atom. The summed E-state index contributed by atoms with van der Waals surface area (Å²) in [4.78, 5) is 21.4. The Balaban J connectivity index is 1.74. The molecule has 0 bridgehead atoms. The number of nitrogens with one attached hydrogen (secondary N) is 2. The summed E-state index contributed by atoms with van der Waals surface area (Å²) >= 11 is -0.523. The third-order valence-electron chi connectivity index (χ3n) is 4.14. The van der Waals surface area contributed by atoms with E-state index in [0.29, 0.717) is 23.4 Å². The van der Waals surface area contributed by atoms with E-state index in [0.717, 1.165) is 18.4 Å². The van der Waals surface area contributed by atoms with Gasteiger partial charge in [0.2, 0.25) is 0 Å². The van der Waals surface area contributed by atoms with Crippen molar-refractivity contribution in [1.29, 1.82) is 0 Å². The maximum Gasteiger partial charge on any atom is 0.446 e. The first-order valence-electron chi connectivity index (χ1n) is 8.89. The number of thioether (sulfide) groups is 1. The quantitative estimate of drug-likeness (QED) is 0.500. The zero-order valence-corrected chi connectivity index (χ0v) is 16.5. The number of rotatable bonds is 6. The molecule has 2 aromatic rings. The standard InChI is InChI=1S/C20H17F4N3O2S/c1-2-15(13-8-9-17(14(21)10-13)30-20(22,23)24)26-19(28)16-11-29-27-18(25-16)12-6-4-3-5-7-12/h3-11,15H,2H2,1H3,(H,25,27)(H,26,28)/t15-/m1/s1. The van der Waals surface area contributed by atoms with Crippen molar-refractivity contribution in [2.24, 2.45) is 4.99 Å². The molecule has 0 aromatic heterocycles. The fourth-order valence-corrected chi connectivity index (χ4v) is 3.27. The first kappa shape index (κ1) is 21.7. The molecule has 3 rings (SSSR count). The average Bonchev–Trinajstić information content (AvgIpc) is 2.73. The normalized spacial score (nSPS) is 14.7. The molecule has 0 unspecified atom stereocenters. The van der Waals surface area contributed by atoms with Crippen LogP contribution in [-0.4, -0.2) is 17.3 Å². The van der Waals surface area contributed by atoms with Crippen LogP contribution in [0, 0.1) is 5.82 Å². The molecule has 0 radical (unpaired) electrons. The Labute approximate surface area is 174 Å². The zero-order valence-electron chi connectivity index (χ0n) is 15.7. The number of carbonyl (C=O) groups excluding carboxylic acids is 1. The van der Waals surface area contributed by atoms with E-state index in [4.69, 9.17) is 4.84 Å². The van der Waals surface area contributed by atoms with Crippen molar-refractivity contribution in [1.82, 2.24) is 10.8 Å². The molecular formula is C20H17F4N3O2S. The summed E-state index contributed by atoms with van der Waals surface area (Å²) in [5, 5.41) is 2.70. The molecule has 2 N–H and O–H groups in total. The van der Waals surface area contributed by atoms with E-state index >= 15 is 0 Å². The Hall–Kier alpha value is -3.01. The van der Waals surface area contributed by atoms with Crippen molar-refractivity contribution in [2.75, 3.05) is 0 Å². The highest BCUT2D eigenvalue weighted by Crippen LogP contribution is 2.38. The summed E-state index contributed by atoms with van der Waals surface area (Å²) in [6.07, 6.45) is 1.52. The van der Waals surface area contributed by atoms with Gasteiger partial charge in [-0.2, -0.15) is 13.2 Å². The van der Waals surface area contributed by atoms with Gasteiger partial charge in [-0.3, -0.25) is 4.79 Å². The van der Waals surface area contributed by atoms with Crippen LogP contribution in [0.5, 0.6) is 0 Å². The molecule has 30 heavy (non-hydrogen) atoms. The van der Waals surface area contributed by atoms with Gasteiger partial charge in [0, 0.05) is 5.56 Å². The van der Waals surface area contributed by atoms with Gasteiger partial charge in [-0.15, -0.1) is 0 Å². The lowest BCUT2D eigenvalue weighted by Gasteiger charge is -2.20. The molecule has 0 spiro atoms. The number of benzene rings is 2. The van der Waals surface area contributed by atoms with Crippen molar-refractivity contribution in [2.45, 2.75) is 29.8 Å². The molecule has 1 aliphatic heterocycles. The molecule has 158 valence electrons. The van der Waals surface area contributed by atoms with Crippen LogP contribution in [0.2, 0.25) is 0 Å². The van der Waals surface area contributed by atoms with E-state index in [1.54, 1.807) is 31.2 Å². The van der Waals surface area contributed by atoms with Crippen LogP contribution >= 0.6 is 11.8 Å². The summed E-state index contributed by atoms with van der Waals surface area (Å²) in [6, 6.07) is 11.8. The van der Waals surface area contributed by atoms with E-state index in [9.17, 15) is 22.4 Å². The molecule has 0 saturated carbocycles. The van der Waals surface area contributed by atoms with Gasteiger partial charge in [-0.1, -0.05) is 43.3 Å². The van der Waals surface area contributed by atoms with E-state index < -0.39 is 39.9 Å². The minimum absolute atomic E-state index is 0.00391. The molecule has 1 aliphatic rings. The second kappa shape index (κ2) is 9.21. The Morgan fingerprint density at radius 1 is 1.23 bits per heavy atom. The molecular weight excluding hydrogens is 422 g/mol. The predicted molar refractivity (Wildman–Crippen MR) is 105 cm³/mol. The number of aliphatic imine (C=N–C) groups is 1. The maximum atomic E-state index is 14.1. The second-order valence-corrected chi connectivity index (χ2v) is 7.33. The van der Waals surface area contributed by atoms with Gasteiger partial charge in [0.05, 0.1) is 10.9 Å². The number of halogens is 4.